The molecule has 0 unspecified atom stereocenters. The first-order chi connectivity index (χ1) is 15.7. The lowest BCUT2D eigenvalue weighted by molar-refractivity contribution is -0.149. The molecule has 4 rings (SSSR count). The highest BCUT2D eigenvalue weighted by Gasteiger charge is 2.47. The van der Waals surface area contributed by atoms with E-state index < -0.39 is 17.6 Å². The van der Waals surface area contributed by atoms with Crippen LogP contribution in [0.1, 0.15) is 44.2 Å². The van der Waals surface area contributed by atoms with E-state index in [-0.39, 0.29) is 36.8 Å². The van der Waals surface area contributed by atoms with Gasteiger partial charge in [-0.05, 0) is 55.4 Å². The summed E-state index contributed by atoms with van der Waals surface area (Å²) in [5.74, 6) is -1.49. The standard InChI is InChI=1S/C26H30N2O5/c1-26(2,3)28(14-23(29)30)24(31)21-12-16(21)13-27-25(32)33-15-22-19-10-6-4-8-17(19)18-9-5-7-11-20(18)22/h4-11,16,21-22H,12-15H2,1-3H3,(H,27,32)(H,29,30)/t16-,21-/m0/s1. The SMILES string of the molecule is CC(C)(C)N(CC(=O)O)C(=O)[C@H]1C[C@H]1CNC(=O)OCC1c2ccccc2-c2ccccc21. The van der Waals surface area contributed by atoms with Crippen molar-refractivity contribution in [1.29, 1.82) is 0 Å². The van der Waals surface area contributed by atoms with E-state index >= 15 is 0 Å². The maximum absolute atomic E-state index is 12.8. The Balaban J connectivity index is 1.29. The number of carbonyl (C=O) groups is 3. The molecule has 0 heterocycles. The molecule has 0 saturated heterocycles. The van der Waals surface area contributed by atoms with Gasteiger partial charge in [-0.25, -0.2) is 4.79 Å². The molecule has 0 aromatic heterocycles. The molecular formula is C26H30N2O5. The zero-order valence-corrected chi connectivity index (χ0v) is 19.2. The second-order valence-corrected chi connectivity index (χ2v) is 9.80. The lowest BCUT2D eigenvalue weighted by Gasteiger charge is -2.34. The number of alkyl carbamates (subject to hydrolysis) is 1. The first kappa shape index (κ1) is 22.8. The number of ether oxygens (including phenoxy) is 1. The van der Waals surface area contributed by atoms with E-state index in [1.165, 1.54) is 16.0 Å². The Kier molecular flexibility index (Phi) is 6.15. The highest BCUT2D eigenvalue weighted by atomic mass is 16.5. The Morgan fingerprint density at radius 1 is 1.03 bits per heavy atom. The summed E-state index contributed by atoms with van der Waals surface area (Å²) in [6.07, 6.45) is 0.127. The number of rotatable bonds is 7. The Labute approximate surface area is 193 Å². The number of aliphatic carboxylic acids is 1. The fraction of sp³-hybridized carbons (Fsp3) is 0.423. The van der Waals surface area contributed by atoms with Crippen LogP contribution in [-0.2, 0) is 14.3 Å². The predicted molar refractivity (Wildman–Crippen MR) is 124 cm³/mol. The van der Waals surface area contributed by atoms with E-state index in [1.54, 1.807) is 0 Å². The van der Waals surface area contributed by atoms with E-state index in [0.717, 1.165) is 11.1 Å². The summed E-state index contributed by atoms with van der Waals surface area (Å²) >= 11 is 0. The van der Waals surface area contributed by atoms with E-state index in [2.05, 4.69) is 29.6 Å². The molecule has 2 atom stereocenters. The Bertz CT molecular complexity index is 1030. The maximum atomic E-state index is 12.8. The second-order valence-electron chi connectivity index (χ2n) is 9.80. The topological polar surface area (TPSA) is 95.9 Å². The smallest absolute Gasteiger partial charge is 0.407 e. The summed E-state index contributed by atoms with van der Waals surface area (Å²) in [5, 5.41) is 11.9. The first-order valence-corrected chi connectivity index (χ1v) is 11.3. The fourth-order valence-corrected chi connectivity index (χ4v) is 4.62. The van der Waals surface area contributed by atoms with Crippen molar-refractivity contribution in [3.8, 4) is 11.1 Å². The molecule has 0 spiro atoms. The van der Waals surface area contributed by atoms with Crippen LogP contribution in [0.3, 0.4) is 0 Å². The van der Waals surface area contributed by atoms with Crippen LogP contribution < -0.4 is 5.32 Å². The number of carboxylic acids is 1. The molecule has 33 heavy (non-hydrogen) atoms. The van der Waals surface area contributed by atoms with E-state index in [1.807, 2.05) is 45.0 Å². The van der Waals surface area contributed by atoms with Crippen LogP contribution >= 0.6 is 0 Å². The number of benzene rings is 2. The summed E-state index contributed by atoms with van der Waals surface area (Å²) in [4.78, 5) is 37.7. The van der Waals surface area contributed by atoms with Crippen molar-refractivity contribution in [1.82, 2.24) is 10.2 Å². The third-order valence-electron chi connectivity index (χ3n) is 6.46. The van der Waals surface area contributed by atoms with Gasteiger partial charge in [0.05, 0.1) is 0 Å². The molecule has 2 aliphatic rings. The van der Waals surface area contributed by atoms with Crippen LogP contribution in [-0.4, -0.2) is 53.2 Å². The Morgan fingerprint density at radius 2 is 1.61 bits per heavy atom. The van der Waals surface area contributed by atoms with Crippen LogP contribution in [0.25, 0.3) is 11.1 Å². The Hall–Kier alpha value is -3.35. The second kappa shape index (κ2) is 8.89. The Morgan fingerprint density at radius 3 is 2.15 bits per heavy atom. The molecule has 2 aliphatic carbocycles. The molecule has 1 fully saturated rings. The fourth-order valence-electron chi connectivity index (χ4n) is 4.62. The van der Waals surface area contributed by atoms with Crippen molar-refractivity contribution in [3.63, 3.8) is 0 Å². The molecule has 7 heteroatoms. The summed E-state index contributed by atoms with van der Waals surface area (Å²) < 4.78 is 5.54. The first-order valence-electron chi connectivity index (χ1n) is 11.3. The van der Waals surface area contributed by atoms with Crippen molar-refractivity contribution >= 4 is 18.0 Å². The lowest BCUT2D eigenvalue weighted by Crippen LogP contribution is -2.49. The highest BCUT2D eigenvalue weighted by molar-refractivity contribution is 5.86. The highest BCUT2D eigenvalue weighted by Crippen LogP contribution is 2.44. The minimum atomic E-state index is -1.03. The molecule has 0 bridgehead atoms. The molecule has 1 saturated carbocycles. The molecule has 2 amide bonds. The number of hydrogen-bond donors (Lipinski definition) is 2. The van der Waals surface area contributed by atoms with Gasteiger partial charge in [0.2, 0.25) is 5.91 Å². The normalized spacial score (nSPS) is 18.8. The van der Waals surface area contributed by atoms with Gasteiger partial charge in [-0.1, -0.05) is 48.5 Å². The van der Waals surface area contributed by atoms with Crippen LogP contribution in [0.2, 0.25) is 0 Å². The molecule has 2 aromatic carbocycles. The number of carboxylic acid groups (broad SMARTS) is 1. The van der Waals surface area contributed by atoms with Crippen LogP contribution in [0.5, 0.6) is 0 Å². The average molecular weight is 451 g/mol. The molecule has 174 valence electrons. The van der Waals surface area contributed by atoms with Crippen LogP contribution in [0, 0.1) is 11.8 Å². The molecule has 0 aliphatic heterocycles. The van der Waals surface area contributed by atoms with E-state index in [4.69, 9.17) is 9.84 Å². The largest absolute Gasteiger partial charge is 0.480 e. The van der Waals surface area contributed by atoms with Crippen molar-refractivity contribution in [2.24, 2.45) is 11.8 Å². The van der Waals surface area contributed by atoms with Gasteiger partial charge in [-0.2, -0.15) is 0 Å². The lowest BCUT2D eigenvalue weighted by atomic mass is 9.98. The van der Waals surface area contributed by atoms with E-state index in [0.29, 0.717) is 13.0 Å². The summed E-state index contributed by atoms with van der Waals surface area (Å²) in [5.41, 5.74) is 4.07. The van der Waals surface area contributed by atoms with Gasteiger partial charge < -0.3 is 20.1 Å². The van der Waals surface area contributed by atoms with Crippen molar-refractivity contribution in [2.75, 3.05) is 19.7 Å². The van der Waals surface area contributed by atoms with Crippen molar-refractivity contribution in [2.45, 2.75) is 38.6 Å². The van der Waals surface area contributed by atoms with Gasteiger partial charge in [-0.15, -0.1) is 0 Å². The molecule has 2 aromatic rings. The van der Waals surface area contributed by atoms with Gasteiger partial charge in [0.25, 0.3) is 0 Å². The monoisotopic (exact) mass is 450 g/mol. The van der Waals surface area contributed by atoms with Crippen LogP contribution in [0.15, 0.2) is 48.5 Å². The molecule has 2 N–H and O–H groups in total. The number of fused-ring (bicyclic) bond motifs is 3. The van der Waals surface area contributed by atoms with Crippen molar-refractivity contribution < 1.29 is 24.2 Å². The number of hydrogen-bond acceptors (Lipinski definition) is 4. The molecular weight excluding hydrogens is 420 g/mol. The number of nitrogens with zero attached hydrogens (tertiary/aromatic N) is 1. The quantitative estimate of drug-likeness (QED) is 0.668. The predicted octanol–water partition coefficient (Wildman–Crippen LogP) is 3.87. The van der Waals surface area contributed by atoms with Gasteiger partial charge in [0, 0.05) is 23.9 Å². The van der Waals surface area contributed by atoms with E-state index in [9.17, 15) is 14.4 Å². The summed E-state index contributed by atoms with van der Waals surface area (Å²) in [7, 11) is 0. The minimum absolute atomic E-state index is 0.00312. The van der Waals surface area contributed by atoms with Gasteiger partial charge in [0.15, 0.2) is 0 Å². The summed E-state index contributed by atoms with van der Waals surface area (Å²) in [6.45, 7) is 5.70. The average Bonchev–Trinajstić information content (AvgIpc) is 3.48. The van der Waals surface area contributed by atoms with Crippen molar-refractivity contribution in [3.05, 3.63) is 59.7 Å². The summed E-state index contributed by atoms with van der Waals surface area (Å²) in [6, 6.07) is 16.3. The van der Waals surface area contributed by atoms with Gasteiger partial charge in [-0.3, -0.25) is 9.59 Å². The third-order valence-corrected chi connectivity index (χ3v) is 6.46. The zero-order valence-electron chi connectivity index (χ0n) is 19.2. The number of nitrogens with one attached hydrogen (secondary N) is 1. The molecule has 0 radical (unpaired) electrons. The number of amides is 2. The zero-order chi connectivity index (χ0) is 23.8. The van der Waals surface area contributed by atoms with Gasteiger partial charge in [0.1, 0.15) is 13.2 Å². The van der Waals surface area contributed by atoms with Crippen LogP contribution in [0.4, 0.5) is 4.79 Å². The maximum Gasteiger partial charge on any atom is 0.407 e. The minimum Gasteiger partial charge on any atom is -0.480 e. The molecule has 7 nitrogen and oxygen atoms in total. The third kappa shape index (κ3) is 4.87. The van der Waals surface area contributed by atoms with Gasteiger partial charge >= 0.3 is 12.1 Å². The number of carbonyl (C=O) groups excluding carboxylic acids is 2.